The number of carbonyl (C=O) groups excluding carboxylic acids is 1. The molecule has 2 aliphatic rings. The van der Waals surface area contributed by atoms with Gasteiger partial charge in [-0.15, -0.1) is 0 Å². The number of aromatic nitrogens is 2. The van der Waals surface area contributed by atoms with E-state index < -0.39 is 21.5 Å². The van der Waals surface area contributed by atoms with Crippen LogP contribution >= 0.6 is 0 Å². The largest absolute Gasteiger partial charge is 0.476 e. The van der Waals surface area contributed by atoms with Crippen LogP contribution in [0.25, 0.3) is 22.0 Å². The minimum Gasteiger partial charge on any atom is -0.476 e. The average molecular weight is 526 g/mol. The monoisotopic (exact) mass is 525 g/mol. The Morgan fingerprint density at radius 3 is 2.62 bits per heavy atom. The molecule has 5 rings (SSSR count). The second kappa shape index (κ2) is 9.23. The maximum atomic E-state index is 13.2. The smallest absolute Gasteiger partial charge is 0.238 e. The summed E-state index contributed by atoms with van der Waals surface area (Å²) in [6, 6.07) is 7.43. The van der Waals surface area contributed by atoms with Gasteiger partial charge in [-0.1, -0.05) is 6.07 Å². The first kappa shape index (κ1) is 25.4. The standard InChI is InChI=1S/C26H31N5O5S/c1-30(2)8-5-9-36-24-21(29-37(4,34)35)11-17(14-28-24)16-6-7-20-19(10-16)23-22(15-27-20)31(3)25(33)26(23)12-18(32)13-26/h6-7,10-11,14-15,18,29,32H,5,8-9,12-13H2,1-4H3/t18-,26-. The molecule has 0 atom stereocenters. The number of nitrogens with one attached hydrogen (secondary N) is 1. The lowest BCUT2D eigenvalue weighted by atomic mass is 9.62. The maximum Gasteiger partial charge on any atom is 0.238 e. The molecule has 0 unspecified atom stereocenters. The van der Waals surface area contributed by atoms with Crippen LogP contribution in [0.5, 0.6) is 5.88 Å². The number of benzene rings is 1. The predicted molar refractivity (Wildman–Crippen MR) is 142 cm³/mol. The van der Waals surface area contributed by atoms with Crippen LogP contribution in [-0.4, -0.2) is 81.0 Å². The zero-order chi connectivity index (χ0) is 26.5. The maximum absolute atomic E-state index is 13.2. The van der Waals surface area contributed by atoms with Gasteiger partial charge in [0.25, 0.3) is 0 Å². The first-order valence-electron chi connectivity index (χ1n) is 12.1. The molecule has 1 amide bonds. The lowest BCUT2D eigenvalue weighted by Crippen LogP contribution is -2.51. The molecule has 1 saturated carbocycles. The van der Waals surface area contributed by atoms with Gasteiger partial charge in [0.05, 0.1) is 41.8 Å². The van der Waals surface area contributed by atoms with E-state index >= 15 is 0 Å². The Morgan fingerprint density at radius 1 is 1.19 bits per heavy atom. The van der Waals surface area contributed by atoms with Crippen molar-refractivity contribution in [3.05, 3.63) is 42.2 Å². The van der Waals surface area contributed by atoms with Crippen LogP contribution in [0.15, 0.2) is 36.7 Å². The van der Waals surface area contributed by atoms with E-state index in [0.717, 1.165) is 46.9 Å². The molecule has 1 aliphatic heterocycles. The third-order valence-corrected chi connectivity index (χ3v) is 7.63. The fraction of sp³-hybridized carbons (Fsp3) is 0.423. The van der Waals surface area contributed by atoms with Crippen molar-refractivity contribution in [2.45, 2.75) is 30.8 Å². The number of nitrogens with zero attached hydrogens (tertiary/aromatic N) is 4. The van der Waals surface area contributed by atoms with Crippen molar-refractivity contribution in [1.82, 2.24) is 14.9 Å². The molecule has 1 aliphatic carbocycles. The zero-order valence-corrected chi connectivity index (χ0v) is 22.2. The molecule has 2 N–H and O–H groups in total. The Hall–Kier alpha value is -3.28. The summed E-state index contributed by atoms with van der Waals surface area (Å²) in [5, 5.41) is 10.9. The number of hydrogen-bond acceptors (Lipinski definition) is 8. The molecule has 0 saturated heterocycles. The van der Waals surface area contributed by atoms with Gasteiger partial charge in [0.2, 0.25) is 21.8 Å². The molecule has 37 heavy (non-hydrogen) atoms. The van der Waals surface area contributed by atoms with Crippen molar-refractivity contribution in [3.63, 3.8) is 0 Å². The summed E-state index contributed by atoms with van der Waals surface area (Å²) in [6.07, 6.45) is 5.47. The molecule has 196 valence electrons. The van der Waals surface area contributed by atoms with E-state index in [1.165, 1.54) is 0 Å². The number of aliphatic hydroxyl groups is 1. The van der Waals surface area contributed by atoms with Gasteiger partial charge >= 0.3 is 0 Å². The van der Waals surface area contributed by atoms with Crippen molar-refractivity contribution in [3.8, 4) is 17.0 Å². The third kappa shape index (κ3) is 4.62. The Morgan fingerprint density at radius 2 is 1.95 bits per heavy atom. The first-order valence-corrected chi connectivity index (χ1v) is 14.0. The van der Waals surface area contributed by atoms with Gasteiger partial charge in [0.1, 0.15) is 5.69 Å². The first-order chi connectivity index (χ1) is 17.5. The van der Waals surface area contributed by atoms with Crippen molar-refractivity contribution < 1.29 is 23.1 Å². The van der Waals surface area contributed by atoms with E-state index in [9.17, 15) is 18.3 Å². The molecule has 1 fully saturated rings. The number of fused-ring (bicyclic) bond motifs is 4. The van der Waals surface area contributed by atoms with Crippen molar-refractivity contribution in [1.29, 1.82) is 0 Å². The molecule has 10 nitrogen and oxygen atoms in total. The topological polar surface area (TPSA) is 125 Å². The summed E-state index contributed by atoms with van der Waals surface area (Å²) >= 11 is 0. The number of anilines is 2. The highest BCUT2D eigenvalue weighted by molar-refractivity contribution is 7.92. The number of hydrogen-bond donors (Lipinski definition) is 2. The zero-order valence-electron chi connectivity index (χ0n) is 21.4. The molecule has 11 heteroatoms. The molecule has 1 spiro atoms. The van der Waals surface area contributed by atoms with E-state index in [1.807, 2.05) is 37.2 Å². The van der Waals surface area contributed by atoms with E-state index in [-0.39, 0.29) is 17.5 Å². The molecule has 0 bridgehead atoms. The molecular formula is C26H31N5O5S. The Kier molecular flexibility index (Phi) is 6.33. The van der Waals surface area contributed by atoms with Gasteiger partial charge in [-0.05, 0) is 57.1 Å². The van der Waals surface area contributed by atoms with Crippen LogP contribution in [0, 0.1) is 0 Å². The highest BCUT2D eigenvalue weighted by atomic mass is 32.2. The lowest BCUT2D eigenvalue weighted by molar-refractivity contribution is -0.130. The van der Waals surface area contributed by atoms with E-state index in [4.69, 9.17) is 4.74 Å². The molecule has 0 radical (unpaired) electrons. The Balaban J connectivity index is 1.55. The second-order valence-corrected chi connectivity index (χ2v) is 12.0. The van der Waals surface area contributed by atoms with E-state index in [2.05, 4.69) is 14.7 Å². The summed E-state index contributed by atoms with van der Waals surface area (Å²) in [7, 11) is 2.12. The summed E-state index contributed by atoms with van der Waals surface area (Å²) in [6.45, 7) is 1.23. The van der Waals surface area contributed by atoms with Crippen LogP contribution in [-0.2, 0) is 20.2 Å². The highest BCUT2D eigenvalue weighted by Gasteiger charge is 2.58. The Labute approximate surface area is 216 Å². The van der Waals surface area contributed by atoms with Gasteiger partial charge < -0.3 is 19.6 Å². The van der Waals surface area contributed by atoms with E-state index in [0.29, 0.717) is 25.0 Å². The number of rotatable bonds is 8. The number of ether oxygens (including phenoxy) is 1. The van der Waals surface area contributed by atoms with Gasteiger partial charge in [0.15, 0.2) is 0 Å². The highest BCUT2D eigenvalue weighted by Crippen LogP contribution is 2.55. The van der Waals surface area contributed by atoms with Crippen LogP contribution in [0.2, 0.25) is 0 Å². The Bertz CT molecular complexity index is 1480. The number of likely N-dealkylation sites (N-methyl/N-ethyl adjacent to an activating group) is 1. The predicted octanol–water partition coefficient (Wildman–Crippen LogP) is 2.37. The molecule has 3 aromatic rings. The number of amides is 1. The fourth-order valence-corrected chi connectivity index (χ4v) is 5.87. The molecular weight excluding hydrogens is 494 g/mol. The summed E-state index contributed by atoms with van der Waals surface area (Å²) in [5.41, 5.74) is 3.38. The van der Waals surface area contributed by atoms with Gasteiger partial charge in [-0.25, -0.2) is 13.4 Å². The lowest BCUT2D eigenvalue weighted by Gasteiger charge is -2.41. The number of carbonyl (C=O) groups is 1. The molecule has 2 aromatic heterocycles. The number of sulfonamides is 1. The number of aliphatic hydroxyl groups excluding tert-OH is 1. The molecule has 3 heterocycles. The van der Waals surface area contributed by atoms with Crippen molar-refractivity contribution in [2.24, 2.45) is 0 Å². The van der Waals surface area contributed by atoms with Crippen LogP contribution in [0.4, 0.5) is 11.4 Å². The SMILES string of the molecule is CN(C)CCCOc1ncc(-c2ccc3ncc4c(c3c2)[C@]2(C[C@@H](O)C2)C(=O)N4C)cc1NS(C)(=O)=O. The third-order valence-electron chi connectivity index (χ3n) is 7.04. The second-order valence-electron chi connectivity index (χ2n) is 10.2. The minimum atomic E-state index is -3.57. The van der Waals surface area contributed by atoms with Crippen LogP contribution in [0.3, 0.4) is 0 Å². The van der Waals surface area contributed by atoms with Gasteiger partial charge in [-0.2, -0.15) is 0 Å². The van der Waals surface area contributed by atoms with Crippen LogP contribution in [0.1, 0.15) is 24.8 Å². The summed E-state index contributed by atoms with van der Waals surface area (Å²) in [4.78, 5) is 25.8. The fourth-order valence-electron chi connectivity index (χ4n) is 5.33. The summed E-state index contributed by atoms with van der Waals surface area (Å²) < 4.78 is 32.4. The van der Waals surface area contributed by atoms with Crippen molar-refractivity contribution in [2.75, 3.05) is 50.2 Å². The van der Waals surface area contributed by atoms with Gasteiger partial charge in [0, 0.05) is 36.3 Å². The minimum absolute atomic E-state index is 0.0235. The summed E-state index contributed by atoms with van der Waals surface area (Å²) in [5.74, 6) is 0.190. The quantitative estimate of drug-likeness (QED) is 0.430. The normalized spacial score (nSPS) is 21.0. The number of pyridine rings is 2. The molecule has 1 aromatic carbocycles. The average Bonchev–Trinajstić information content (AvgIpc) is 3.03. The van der Waals surface area contributed by atoms with Crippen molar-refractivity contribution >= 4 is 38.2 Å². The van der Waals surface area contributed by atoms with Crippen LogP contribution < -0.4 is 14.4 Å². The van der Waals surface area contributed by atoms with E-state index in [1.54, 1.807) is 30.4 Å². The van der Waals surface area contributed by atoms with Gasteiger partial charge in [-0.3, -0.25) is 14.5 Å².